The summed E-state index contributed by atoms with van der Waals surface area (Å²) >= 11 is 1.64. The van der Waals surface area contributed by atoms with Crippen LogP contribution < -0.4 is 5.32 Å². The lowest BCUT2D eigenvalue weighted by molar-refractivity contribution is 0.102. The second-order valence-electron chi connectivity index (χ2n) is 6.81. The van der Waals surface area contributed by atoms with Crippen LogP contribution in [0.2, 0.25) is 0 Å². The van der Waals surface area contributed by atoms with Crippen molar-refractivity contribution in [2.75, 3.05) is 5.32 Å². The van der Waals surface area contributed by atoms with Crippen LogP contribution in [0, 0.1) is 20.8 Å². The van der Waals surface area contributed by atoms with Crippen molar-refractivity contribution in [2.24, 2.45) is 0 Å². The molecule has 142 valence electrons. The predicted molar refractivity (Wildman–Crippen MR) is 114 cm³/mol. The van der Waals surface area contributed by atoms with Gasteiger partial charge in [-0.25, -0.2) is 4.98 Å². The van der Waals surface area contributed by atoms with Crippen molar-refractivity contribution in [3.8, 4) is 5.00 Å². The fourth-order valence-electron chi connectivity index (χ4n) is 3.18. The molecular formula is C22H22N4OS. The molecule has 0 atom stereocenters. The van der Waals surface area contributed by atoms with Crippen LogP contribution in [-0.4, -0.2) is 20.0 Å². The van der Waals surface area contributed by atoms with Crippen LogP contribution in [0.25, 0.3) is 5.00 Å². The number of carbonyl (C=O) groups is 1. The molecule has 6 heteroatoms. The summed E-state index contributed by atoms with van der Waals surface area (Å²) in [6.07, 6.45) is 7.70. The molecule has 0 aliphatic rings. The summed E-state index contributed by atoms with van der Waals surface area (Å²) in [7, 11) is 0. The number of rotatable bonds is 5. The average Bonchev–Trinajstić information content (AvgIpc) is 3.40. The van der Waals surface area contributed by atoms with Crippen molar-refractivity contribution in [3.63, 3.8) is 0 Å². The Morgan fingerprint density at radius 1 is 1.07 bits per heavy atom. The SMILES string of the molecule is Cc1sc(-n2cccc2)c(C(=O)Nc2ccc(Cn3ccnc3C)cc2)c1C. The van der Waals surface area contributed by atoms with Gasteiger partial charge >= 0.3 is 0 Å². The van der Waals surface area contributed by atoms with Crippen molar-refractivity contribution in [1.82, 2.24) is 14.1 Å². The number of carbonyl (C=O) groups excluding carboxylic acids is 1. The van der Waals surface area contributed by atoms with Crippen molar-refractivity contribution in [2.45, 2.75) is 27.3 Å². The second-order valence-corrected chi connectivity index (χ2v) is 8.01. The van der Waals surface area contributed by atoms with Gasteiger partial charge in [0.2, 0.25) is 0 Å². The number of thiophene rings is 1. The lowest BCUT2D eigenvalue weighted by atomic mass is 10.1. The molecule has 0 aliphatic carbocycles. The van der Waals surface area contributed by atoms with Crippen LogP contribution in [0.3, 0.4) is 0 Å². The fourth-order valence-corrected chi connectivity index (χ4v) is 4.30. The van der Waals surface area contributed by atoms with Gasteiger partial charge in [-0.1, -0.05) is 12.1 Å². The van der Waals surface area contributed by atoms with Crippen molar-refractivity contribution in [3.05, 3.63) is 88.6 Å². The smallest absolute Gasteiger partial charge is 0.258 e. The van der Waals surface area contributed by atoms with Gasteiger partial charge in [-0.15, -0.1) is 11.3 Å². The Labute approximate surface area is 168 Å². The van der Waals surface area contributed by atoms with Gasteiger partial charge in [0.25, 0.3) is 5.91 Å². The Kier molecular flexibility index (Phi) is 4.88. The number of aromatic nitrogens is 3. The number of aryl methyl sites for hydroxylation is 2. The summed E-state index contributed by atoms with van der Waals surface area (Å²) in [5.74, 6) is 0.905. The number of amides is 1. The number of nitrogens with zero attached hydrogens (tertiary/aromatic N) is 3. The second kappa shape index (κ2) is 7.48. The van der Waals surface area contributed by atoms with E-state index in [-0.39, 0.29) is 5.91 Å². The molecule has 1 aromatic carbocycles. The maximum absolute atomic E-state index is 13.0. The van der Waals surface area contributed by atoms with Gasteiger partial charge in [-0.05, 0) is 56.2 Å². The quantitative estimate of drug-likeness (QED) is 0.523. The van der Waals surface area contributed by atoms with Gasteiger partial charge in [-0.2, -0.15) is 0 Å². The highest BCUT2D eigenvalue weighted by Crippen LogP contribution is 2.31. The van der Waals surface area contributed by atoms with E-state index in [2.05, 4.69) is 21.8 Å². The molecule has 4 aromatic rings. The first-order chi connectivity index (χ1) is 13.5. The van der Waals surface area contributed by atoms with E-state index in [1.807, 2.05) is 73.4 Å². The van der Waals surface area contributed by atoms with Crippen molar-refractivity contribution < 1.29 is 4.79 Å². The molecule has 1 N–H and O–H groups in total. The number of hydrogen-bond acceptors (Lipinski definition) is 3. The minimum absolute atomic E-state index is 0.0799. The first-order valence-electron chi connectivity index (χ1n) is 9.14. The van der Waals surface area contributed by atoms with Crippen LogP contribution in [0.15, 0.2) is 61.2 Å². The highest BCUT2D eigenvalue weighted by molar-refractivity contribution is 7.15. The van der Waals surface area contributed by atoms with Gasteiger partial charge in [0.05, 0.1) is 5.56 Å². The topological polar surface area (TPSA) is 51.9 Å². The molecule has 28 heavy (non-hydrogen) atoms. The molecule has 0 saturated heterocycles. The van der Waals surface area contributed by atoms with Gasteiger partial charge in [-0.3, -0.25) is 4.79 Å². The number of benzene rings is 1. The largest absolute Gasteiger partial charge is 0.331 e. The van der Waals surface area contributed by atoms with Gasteiger partial charge in [0.1, 0.15) is 10.8 Å². The minimum Gasteiger partial charge on any atom is -0.331 e. The van der Waals surface area contributed by atoms with E-state index in [0.29, 0.717) is 0 Å². The summed E-state index contributed by atoms with van der Waals surface area (Å²) in [4.78, 5) is 18.4. The van der Waals surface area contributed by atoms with Crippen LogP contribution in [0.5, 0.6) is 0 Å². The number of imidazole rings is 1. The Morgan fingerprint density at radius 3 is 2.43 bits per heavy atom. The van der Waals surface area contributed by atoms with Crippen LogP contribution in [-0.2, 0) is 6.54 Å². The van der Waals surface area contributed by atoms with E-state index < -0.39 is 0 Å². The maximum atomic E-state index is 13.0. The van der Waals surface area contributed by atoms with Gasteiger partial charge in [0, 0.05) is 41.9 Å². The fraction of sp³-hybridized carbons (Fsp3) is 0.182. The minimum atomic E-state index is -0.0799. The van der Waals surface area contributed by atoms with E-state index in [0.717, 1.165) is 44.6 Å². The number of anilines is 1. The molecule has 0 spiro atoms. The Balaban J connectivity index is 1.54. The zero-order valence-corrected chi connectivity index (χ0v) is 17.0. The van der Waals surface area contributed by atoms with Gasteiger partial charge < -0.3 is 14.5 Å². The molecule has 0 radical (unpaired) electrons. The monoisotopic (exact) mass is 390 g/mol. The van der Waals surface area contributed by atoms with Crippen LogP contribution >= 0.6 is 11.3 Å². The molecule has 1 amide bonds. The van der Waals surface area contributed by atoms with Crippen molar-refractivity contribution >= 4 is 22.9 Å². The third-order valence-corrected chi connectivity index (χ3v) is 6.14. The number of nitrogens with one attached hydrogen (secondary N) is 1. The lowest BCUT2D eigenvalue weighted by Gasteiger charge is -2.10. The van der Waals surface area contributed by atoms with E-state index in [1.165, 1.54) is 0 Å². The number of hydrogen-bond donors (Lipinski definition) is 1. The molecule has 3 heterocycles. The average molecular weight is 391 g/mol. The molecule has 0 bridgehead atoms. The molecule has 0 saturated carbocycles. The third-order valence-electron chi connectivity index (χ3n) is 4.92. The standard InChI is InChI=1S/C22H22N4OS/c1-15-16(2)28-22(25-11-4-5-12-25)20(15)21(27)24-19-8-6-18(7-9-19)14-26-13-10-23-17(26)3/h4-13H,14H2,1-3H3,(H,24,27). The van der Waals surface area contributed by atoms with E-state index >= 15 is 0 Å². The molecule has 0 fully saturated rings. The summed E-state index contributed by atoms with van der Waals surface area (Å²) in [5, 5.41) is 4.00. The molecule has 4 rings (SSSR count). The highest BCUT2D eigenvalue weighted by atomic mass is 32.1. The Morgan fingerprint density at radius 2 is 1.79 bits per heavy atom. The molecular weight excluding hydrogens is 368 g/mol. The molecule has 3 aromatic heterocycles. The lowest BCUT2D eigenvalue weighted by Crippen LogP contribution is -2.14. The van der Waals surface area contributed by atoms with E-state index in [4.69, 9.17) is 0 Å². The van der Waals surface area contributed by atoms with Crippen molar-refractivity contribution in [1.29, 1.82) is 0 Å². The zero-order valence-electron chi connectivity index (χ0n) is 16.1. The molecule has 5 nitrogen and oxygen atoms in total. The third kappa shape index (κ3) is 3.51. The molecule has 0 aliphatic heterocycles. The summed E-state index contributed by atoms with van der Waals surface area (Å²) < 4.78 is 4.09. The Bertz CT molecular complexity index is 1100. The zero-order chi connectivity index (χ0) is 19.7. The first-order valence-corrected chi connectivity index (χ1v) is 9.96. The maximum Gasteiger partial charge on any atom is 0.258 e. The summed E-state index contributed by atoms with van der Waals surface area (Å²) in [6, 6.07) is 11.9. The summed E-state index contributed by atoms with van der Waals surface area (Å²) in [5.41, 5.74) is 3.71. The van der Waals surface area contributed by atoms with Crippen LogP contribution in [0.4, 0.5) is 5.69 Å². The molecule has 0 unspecified atom stereocenters. The van der Waals surface area contributed by atoms with E-state index in [1.54, 1.807) is 17.5 Å². The predicted octanol–water partition coefficient (Wildman–Crippen LogP) is 4.96. The normalized spacial score (nSPS) is 11.0. The van der Waals surface area contributed by atoms with E-state index in [9.17, 15) is 4.79 Å². The van der Waals surface area contributed by atoms with Crippen LogP contribution in [0.1, 0.15) is 32.2 Å². The first kappa shape index (κ1) is 18.3. The van der Waals surface area contributed by atoms with Gasteiger partial charge in [0.15, 0.2) is 0 Å². The highest BCUT2D eigenvalue weighted by Gasteiger charge is 2.20. The Hall–Kier alpha value is -3.12. The summed E-state index contributed by atoms with van der Waals surface area (Å²) in [6.45, 7) is 6.81.